The van der Waals surface area contributed by atoms with Crippen LogP contribution in [0.2, 0.25) is 0 Å². The van der Waals surface area contributed by atoms with Gasteiger partial charge in [0.25, 0.3) is 0 Å². The van der Waals surface area contributed by atoms with Crippen LogP contribution in [-0.2, 0) is 9.59 Å². The molecular weight excluding hydrogens is 242 g/mol. The summed E-state index contributed by atoms with van der Waals surface area (Å²) in [5.41, 5.74) is 5.71. The van der Waals surface area contributed by atoms with Crippen LogP contribution in [0.5, 0.6) is 0 Å². The van der Waals surface area contributed by atoms with Crippen LogP contribution in [-0.4, -0.2) is 53.3 Å². The molecule has 19 heavy (non-hydrogen) atoms. The Bertz CT molecular complexity index is 359. The van der Waals surface area contributed by atoms with Gasteiger partial charge in [0.05, 0.1) is 0 Å². The molecule has 0 radical (unpaired) electrons. The van der Waals surface area contributed by atoms with Gasteiger partial charge in [0, 0.05) is 25.6 Å². The third-order valence-electron chi connectivity index (χ3n) is 4.44. The smallest absolute Gasteiger partial charge is 0.245 e. The minimum absolute atomic E-state index is 0.112. The van der Waals surface area contributed by atoms with Crippen molar-refractivity contribution in [2.45, 2.75) is 51.6 Å². The van der Waals surface area contributed by atoms with Gasteiger partial charge in [-0.2, -0.15) is 0 Å². The monoisotopic (exact) mass is 267 g/mol. The summed E-state index contributed by atoms with van der Waals surface area (Å²) in [4.78, 5) is 28.2. The second-order valence-corrected chi connectivity index (χ2v) is 5.79. The Morgan fingerprint density at radius 2 is 2.26 bits per heavy atom. The van der Waals surface area contributed by atoms with Crippen molar-refractivity contribution in [1.82, 2.24) is 9.80 Å². The number of nitrogens with zero attached hydrogens (tertiary/aromatic N) is 2. The van der Waals surface area contributed by atoms with Gasteiger partial charge in [-0.05, 0) is 38.6 Å². The number of carbonyl (C=O) groups is 2. The molecule has 2 saturated heterocycles. The molecule has 0 bridgehead atoms. The van der Waals surface area contributed by atoms with Crippen LogP contribution in [0.3, 0.4) is 0 Å². The summed E-state index contributed by atoms with van der Waals surface area (Å²) in [6.45, 7) is 6.16. The van der Waals surface area contributed by atoms with E-state index in [1.54, 1.807) is 4.90 Å². The van der Waals surface area contributed by atoms with Gasteiger partial charge in [-0.25, -0.2) is 0 Å². The molecule has 3 atom stereocenters. The van der Waals surface area contributed by atoms with Gasteiger partial charge in [-0.3, -0.25) is 9.59 Å². The average molecular weight is 267 g/mol. The van der Waals surface area contributed by atoms with Gasteiger partial charge in [0.1, 0.15) is 6.04 Å². The third kappa shape index (κ3) is 2.76. The van der Waals surface area contributed by atoms with Crippen molar-refractivity contribution in [1.29, 1.82) is 0 Å². The lowest BCUT2D eigenvalue weighted by atomic mass is 10.1. The normalized spacial score (nSPS) is 29.1. The highest BCUT2D eigenvalue weighted by Gasteiger charge is 2.38. The molecule has 0 aromatic rings. The van der Waals surface area contributed by atoms with Crippen LogP contribution in [0.1, 0.15) is 39.5 Å². The zero-order valence-corrected chi connectivity index (χ0v) is 12.0. The molecule has 3 unspecified atom stereocenters. The molecule has 2 rings (SSSR count). The highest BCUT2D eigenvalue weighted by molar-refractivity contribution is 5.88. The predicted octanol–water partition coefficient (Wildman–Crippen LogP) is 0.583. The first-order chi connectivity index (χ1) is 9.08. The highest BCUT2D eigenvalue weighted by atomic mass is 16.2. The van der Waals surface area contributed by atoms with E-state index in [4.69, 9.17) is 5.73 Å². The molecule has 2 aliphatic rings. The summed E-state index contributed by atoms with van der Waals surface area (Å²) in [6.07, 6.45) is 3.14. The Morgan fingerprint density at radius 1 is 1.53 bits per heavy atom. The van der Waals surface area contributed by atoms with Crippen LogP contribution in [0.25, 0.3) is 0 Å². The SMILES string of the molecule is CCC(C(=O)N1CC(CN)CC1C)N1CCCC1=O. The maximum Gasteiger partial charge on any atom is 0.245 e. The largest absolute Gasteiger partial charge is 0.338 e. The van der Waals surface area contributed by atoms with Crippen molar-refractivity contribution >= 4 is 11.8 Å². The fourth-order valence-corrected chi connectivity index (χ4v) is 3.34. The summed E-state index contributed by atoms with van der Waals surface area (Å²) in [7, 11) is 0. The second kappa shape index (κ2) is 5.90. The molecule has 0 spiro atoms. The molecule has 5 nitrogen and oxygen atoms in total. The standard InChI is InChI=1S/C14H25N3O2/c1-3-12(16-6-4-5-13(16)18)14(19)17-9-11(8-15)7-10(17)2/h10-12H,3-9,15H2,1-2H3. The molecule has 2 heterocycles. The number of likely N-dealkylation sites (tertiary alicyclic amines) is 2. The summed E-state index contributed by atoms with van der Waals surface area (Å²) < 4.78 is 0. The first-order valence-electron chi connectivity index (χ1n) is 7.38. The molecule has 2 N–H and O–H groups in total. The second-order valence-electron chi connectivity index (χ2n) is 5.79. The Kier molecular flexibility index (Phi) is 4.45. The van der Waals surface area contributed by atoms with Crippen LogP contribution < -0.4 is 5.73 Å². The summed E-state index contributed by atoms with van der Waals surface area (Å²) in [5, 5.41) is 0. The zero-order valence-electron chi connectivity index (χ0n) is 12.0. The summed E-state index contributed by atoms with van der Waals surface area (Å²) >= 11 is 0. The first-order valence-corrected chi connectivity index (χ1v) is 7.38. The maximum absolute atomic E-state index is 12.7. The van der Waals surface area contributed by atoms with E-state index in [1.807, 2.05) is 11.8 Å². The number of amides is 2. The minimum Gasteiger partial charge on any atom is -0.338 e. The van der Waals surface area contributed by atoms with Crippen LogP contribution in [0, 0.1) is 5.92 Å². The average Bonchev–Trinajstić information content (AvgIpc) is 2.97. The van der Waals surface area contributed by atoms with Gasteiger partial charge in [0.15, 0.2) is 0 Å². The Morgan fingerprint density at radius 3 is 2.74 bits per heavy atom. The molecule has 0 saturated carbocycles. The van der Waals surface area contributed by atoms with Gasteiger partial charge < -0.3 is 15.5 Å². The quantitative estimate of drug-likeness (QED) is 0.810. The number of nitrogens with two attached hydrogens (primary N) is 1. The van der Waals surface area contributed by atoms with Crippen molar-refractivity contribution in [2.24, 2.45) is 11.7 Å². The van der Waals surface area contributed by atoms with Crippen LogP contribution in [0.4, 0.5) is 0 Å². The van der Waals surface area contributed by atoms with E-state index in [1.165, 1.54) is 0 Å². The van der Waals surface area contributed by atoms with Crippen molar-refractivity contribution in [3.05, 3.63) is 0 Å². The molecule has 2 amide bonds. The molecule has 0 aromatic heterocycles. The fourth-order valence-electron chi connectivity index (χ4n) is 3.34. The topological polar surface area (TPSA) is 66.6 Å². The van der Waals surface area contributed by atoms with Gasteiger partial charge in [-0.15, -0.1) is 0 Å². The fraction of sp³-hybridized carbons (Fsp3) is 0.857. The van der Waals surface area contributed by atoms with E-state index in [-0.39, 0.29) is 23.9 Å². The molecular formula is C14H25N3O2. The number of carbonyl (C=O) groups excluding carboxylic acids is 2. The van der Waals surface area contributed by atoms with E-state index in [0.717, 1.165) is 25.9 Å². The lowest BCUT2D eigenvalue weighted by molar-refractivity contribution is -0.144. The van der Waals surface area contributed by atoms with Crippen LogP contribution in [0.15, 0.2) is 0 Å². The Hall–Kier alpha value is -1.10. The molecule has 0 aliphatic carbocycles. The summed E-state index contributed by atoms with van der Waals surface area (Å²) in [5.74, 6) is 0.648. The van der Waals surface area contributed by atoms with Gasteiger partial charge in [-0.1, -0.05) is 6.92 Å². The minimum atomic E-state index is -0.269. The number of rotatable bonds is 4. The highest BCUT2D eigenvalue weighted by Crippen LogP contribution is 2.25. The zero-order chi connectivity index (χ0) is 14.0. The molecule has 5 heteroatoms. The predicted molar refractivity (Wildman–Crippen MR) is 73.4 cm³/mol. The summed E-state index contributed by atoms with van der Waals surface area (Å²) in [6, 6.07) is -0.0261. The number of hydrogen-bond donors (Lipinski definition) is 1. The molecule has 2 aliphatic heterocycles. The van der Waals surface area contributed by atoms with Crippen LogP contribution >= 0.6 is 0 Å². The Balaban J connectivity index is 2.06. The Labute approximate surface area is 115 Å². The lowest BCUT2D eigenvalue weighted by Crippen LogP contribution is -2.50. The van der Waals surface area contributed by atoms with Crippen molar-refractivity contribution < 1.29 is 9.59 Å². The molecule has 2 fully saturated rings. The maximum atomic E-state index is 12.7. The molecule has 0 aromatic carbocycles. The van der Waals surface area contributed by atoms with E-state index >= 15 is 0 Å². The third-order valence-corrected chi connectivity index (χ3v) is 4.44. The van der Waals surface area contributed by atoms with E-state index < -0.39 is 0 Å². The van der Waals surface area contributed by atoms with Gasteiger partial charge in [0.2, 0.25) is 11.8 Å². The first kappa shape index (κ1) is 14.3. The van der Waals surface area contributed by atoms with E-state index in [0.29, 0.717) is 25.3 Å². The molecule has 108 valence electrons. The van der Waals surface area contributed by atoms with E-state index in [2.05, 4.69) is 6.92 Å². The van der Waals surface area contributed by atoms with E-state index in [9.17, 15) is 9.59 Å². The van der Waals surface area contributed by atoms with Gasteiger partial charge >= 0.3 is 0 Å². The van der Waals surface area contributed by atoms with Crippen molar-refractivity contribution in [3.63, 3.8) is 0 Å². The lowest BCUT2D eigenvalue weighted by Gasteiger charge is -2.32. The number of hydrogen-bond acceptors (Lipinski definition) is 3. The van der Waals surface area contributed by atoms with Crippen molar-refractivity contribution in [2.75, 3.05) is 19.6 Å². The van der Waals surface area contributed by atoms with Crippen molar-refractivity contribution in [3.8, 4) is 0 Å².